The topological polar surface area (TPSA) is 130 Å². The molecule has 4 aliphatic heterocycles. The van der Waals surface area contributed by atoms with Crippen LogP contribution in [0.3, 0.4) is 0 Å². The van der Waals surface area contributed by atoms with Crippen LogP contribution < -0.4 is 17.0 Å². The Balaban J connectivity index is 0.000000748. The average Bonchev–Trinajstić information content (AvgIpc) is 2.95. The summed E-state index contributed by atoms with van der Waals surface area (Å²) in [6.45, 7) is 12.9. The van der Waals surface area contributed by atoms with Gasteiger partial charge in [0.15, 0.2) is 0 Å². The molecule has 4 fully saturated rings. The van der Waals surface area contributed by atoms with Crippen LogP contribution in [0.4, 0.5) is 9.59 Å². The van der Waals surface area contributed by atoms with Gasteiger partial charge in [-0.1, -0.05) is 0 Å². The van der Waals surface area contributed by atoms with Gasteiger partial charge in [0.25, 0.3) is 0 Å². The van der Waals surface area contributed by atoms with E-state index >= 15 is 0 Å². The molecule has 4 rings (SSSR count). The number of hydrogen-bond acceptors (Lipinski definition) is 9. The average molecular weight is 671 g/mol. The van der Waals surface area contributed by atoms with E-state index in [0.717, 1.165) is 77.8 Å². The molecule has 0 aromatic carbocycles. The van der Waals surface area contributed by atoms with Crippen LogP contribution in [0.15, 0.2) is 0 Å². The number of rotatable bonds is 4. The number of carbonyl (C=O) groups is 2. The van der Waals surface area contributed by atoms with Crippen molar-refractivity contribution in [3.63, 3.8) is 0 Å². The second-order valence-corrected chi connectivity index (χ2v) is 11.4. The Labute approximate surface area is 279 Å². The Hall–Kier alpha value is -0.884. The molecule has 13 heteroatoms. The van der Waals surface area contributed by atoms with Gasteiger partial charge >= 0.3 is 35.2 Å². The summed E-state index contributed by atoms with van der Waals surface area (Å²) in [6, 6.07) is 2.46. The maximum atomic E-state index is 11.7. The molecule has 238 valence electrons. The summed E-state index contributed by atoms with van der Waals surface area (Å²) in [6.07, 6.45) is 5.65. The molecule has 0 saturated carbocycles. The van der Waals surface area contributed by atoms with Crippen LogP contribution in [0, 0.1) is 18.8 Å². The van der Waals surface area contributed by atoms with Gasteiger partial charge in [-0.3, -0.25) is 9.80 Å². The van der Waals surface area contributed by atoms with Crippen molar-refractivity contribution in [1.29, 1.82) is 5.26 Å². The van der Waals surface area contributed by atoms with E-state index in [-0.39, 0.29) is 77.4 Å². The minimum atomic E-state index is -0.483. The zero-order valence-electron chi connectivity index (χ0n) is 26.2. The van der Waals surface area contributed by atoms with E-state index < -0.39 is 5.54 Å². The van der Waals surface area contributed by atoms with Gasteiger partial charge in [-0.25, -0.2) is 9.59 Å². The van der Waals surface area contributed by atoms with Crippen molar-refractivity contribution in [3.05, 3.63) is 7.43 Å². The minimum Gasteiger partial charge on any atom is -1.00 e. The Bertz CT molecular complexity index is 833. The molecular formula is C29H52BrMgN5O6. The smallest absolute Gasteiger partial charge is 1.00 e. The second-order valence-electron chi connectivity index (χ2n) is 11.4. The molecule has 0 unspecified atom stereocenters. The zero-order chi connectivity index (χ0) is 28.5. The SMILES string of the molecule is CCOC(=O)N1CCC(C#N)(N2CCC(O)CC2)CC1.CCOC(=O)N1CCC(C)(N2CCC(O)CC2)CC1.[Br-].[CH3-].[Mg+2]. The Morgan fingerprint density at radius 3 is 1.48 bits per heavy atom. The van der Waals surface area contributed by atoms with Crippen LogP contribution in [-0.2, 0) is 9.47 Å². The number of amides is 2. The predicted molar refractivity (Wildman–Crippen MR) is 158 cm³/mol. The van der Waals surface area contributed by atoms with E-state index in [1.807, 2.05) is 11.8 Å². The first-order valence-electron chi connectivity index (χ1n) is 14.8. The number of carbonyl (C=O) groups excluding carboxylic acids is 2. The van der Waals surface area contributed by atoms with Crippen LogP contribution in [0.1, 0.15) is 72.1 Å². The number of halogens is 1. The molecule has 2 amide bonds. The molecule has 4 aliphatic rings. The molecule has 4 saturated heterocycles. The quantitative estimate of drug-likeness (QED) is 0.300. The number of nitrogens with zero attached hydrogens (tertiary/aromatic N) is 5. The van der Waals surface area contributed by atoms with Crippen molar-refractivity contribution < 1.29 is 46.3 Å². The van der Waals surface area contributed by atoms with E-state index in [0.29, 0.717) is 39.1 Å². The van der Waals surface area contributed by atoms with Gasteiger partial charge in [0.2, 0.25) is 0 Å². The predicted octanol–water partition coefficient (Wildman–Crippen LogP) is -0.515. The number of ether oxygens (including phenoxy) is 2. The first-order valence-corrected chi connectivity index (χ1v) is 14.8. The van der Waals surface area contributed by atoms with Gasteiger partial charge in [0, 0.05) is 57.9 Å². The summed E-state index contributed by atoms with van der Waals surface area (Å²) >= 11 is 0. The first-order chi connectivity index (χ1) is 18.7. The number of nitriles is 1. The fourth-order valence-electron chi connectivity index (χ4n) is 6.17. The summed E-state index contributed by atoms with van der Waals surface area (Å²) in [5.74, 6) is 0. The van der Waals surface area contributed by atoms with E-state index in [1.54, 1.807) is 11.8 Å². The molecule has 0 aromatic rings. The van der Waals surface area contributed by atoms with E-state index in [2.05, 4.69) is 22.8 Å². The van der Waals surface area contributed by atoms with Gasteiger partial charge < -0.3 is 53.9 Å². The third-order valence-corrected chi connectivity index (χ3v) is 8.99. The maximum Gasteiger partial charge on any atom is 2.00 e. The number of likely N-dealkylation sites (tertiary alicyclic amines) is 4. The molecule has 4 heterocycles. The van der Waals surface area contributed by atoms with Crippen LogP contribution in [0.25, 0.3) is 0 Å². The minimum absolute atomic E-state index is 0. The Morgan fingerprint density at radius 1 is 0.762 bits per heavy atom. The maximum absolute atomic E-state index is 11.7. The molecule has 0 atom stereocenters. The van der Waals surface area contributed by atoms with Crippen molar-refractivity contribution >= 4 is 35.2 Å². The van der Waals surface area contributed by atoms with Crippen LogP contribution in [-0.4, -0.2) is 154 Å². The zero-order valence-corrected chi connectivity index (χ0v) is 29.2. The molecule has 11 nitrogen and oxygen atoms in total. The molecular weight excluding hydrogens is 619 g/mol. The second kappa shape index (κ2) is 19.5. The number of aliphatic hydroxyl groups excluding tert-OH is 2. The largest absolute Gasteiger partial charge is 2.00 e. The molecule has 2 N–H and O–H groups in total. The van der Waals surface area contributed by atoms with Crippen molar-refractivity contribution in [1.82, 2.24) is 19.6 Å². The van der Waals surface area contributed by atoms with Gasteiger partial charge in [-0.05, 0) is 72.1 Å². The van der Waals surface area contributed by atoms with E-state index in [1.165, 1.54) is 0 Å². The molecule has 0 bridgehead atoms. The molecule has 0 aliphatic carbocycles. The van der Waals surface area contributed by atoms with Gasteiger partial charge in [0.1, 0.15) is 5.54 Å². The van der Waals surface area contributed by atoms with Gasteiger partial charge in [-0.2, -0.15) is 5.26 Å². The number of piperidine rings is 4. The van der Waals surface area contributed by atoms with Crippen molar-refractivity contribution in [2.45, 2.75) is 95.4 Å². The van der Waals surface area contributed by atoms with Crippen LogP contribution in [0.2, 0.25) is 0 Å². The third-order valence-electron chi connectivity index (χ3n) is 8.99. The summed E-state index contributed by atoms with van der Waals surface area (Å²) in [4.78, 5) is 31.5. The Morgan fingerprint density at radius 2 is 1.12 bits per heavy atom. The fourth-order valence-corrected chi connectivity index (χ4v) is 6.17. The molecule has 0 aromatic heterocycles. The van der Waals surface area contributed by atoms with Crippen molar-refractivity contribution in [2.24, 2.45) is 0 Å². The van der Waals surface area contributed by atoms with Crippen molar-refractivity contribution in [3.8, 4) is 6.07 Å². The van der Waals surface area contributed by atoms with Gasteiger partial charge in [0.05, 0.1) is 31.5 Å². The fraction of sp³-hybridized carbons (Fsp3) is 0.862. The number of aliphatic hydroxyl groups is 2. The Kier molecular flexibility index (Phi) is 19.1. The summed E-state index contributed by atoms with van der Waals surface area (Å²) in [7, 11) is 0. The summed E-state index contributed by atoms with van der Waals surface area (Å²) in [5, 5.41) is 28.8. The molecule has 0 radical (unpaired) electrons. The van der Waals surface area contributed by atoms with Crippen LogP contribution in [0.5, 0.6) is 0 Å². The van der Waals surface area contributed by atoms with Gasteiger partial charge in [-0.15, -0.1) is 0 Å². The first kappa shape index (κ1) is 41.1. The van der Waals surface area contributed by atoms with Crippen LogP contribution >= 0.6 is 0 Å². The van der Waals surface area contributed by atoms with E-state index in [4.69, 9.17) is 9.47 Å². The summed E-state index contributed by atoms with van der Waals surface area (Å²) < 4.78 is 10.0. The monoisotopic (exact) mass is 669 g/mol. The van der Waals surface area contributed by atoms with Crippen molar-refractivity contribution in [2.75, 3.05) is 65.6 Å². The molecule has 0 spiro atoms. The number of hydrogen-bond donors (Lipinski definition) is 2. The molecule has 42 heavy (non-hydrogen) atoms. The third kappa shape index (κ3) is 10.9. The van der Waals surface area contributed by atoms with E-state index in [9.17, 15) is 25.1 Å². The standard InChI is InChI=1S/C14H23N3O3.C14H26N2O3.CH3.BrH.Mg/c1-2-20-13(19)16-9-5-14(11-15,6-10-16)17-7-3-12(18)4-8-17;1-3-19-13(18)15-10-6-14(2,7-11-15)16-8-4-12(17)5-9-16;;;/h12,18H,2-10H2,1H3;12,17H,3-11H2,1-2H3;1H3;1H;/q;;-1;;+2/p-1. The normalized spacial score (nSPS) is 23.0. The summed E-state index contributed by atoms with van der Waals surface area (Å²) in [5.41, 5.74) is -0.313.